The van der Waals surface area contributed by atoms with E-state index in [1.807, 2.05) is 56.3 Å². The van der Waals surface area contributed by atoms with Crippen LogP contribution in [-0.4, -0.2) is 58.6 Å². The van der Waals surface area contributed by atoms with Crippen LogP contribution in [0.25, 0.3) is 0 Å². The number of carbonyl (C=O) groups is 3. The van der Waals surface area contributed by atoms with Crippen molar-refractivity contribution in [3.63, 3.8) is 0 Å². The first-order chi connectivity index (χ1) is 21.1. The minimum Gasteiger partial charge on any atom is -0.486 e. The van der Waals surface area contributed by atoms with E-state index in [1.165, 1.54) is 39.0 Å². The zero-order valence-electron chi connectivity index (χ0n) is 25.9. The summed E-state index contributed by atoms with van der Waals surface area (Å²) < 4.78 is 62.9. The van der Waals surface area contributed by atoms with E-state index >= 15 is 0 Å². The number of thiol groups is 1. The maximum Gasteiger partial charge on any atom is 0.353 e. The lowest BCUT2D eigenvalue weighted by Gasteiger charge is -2.08. The molecule has 0 aromatic heterocycles. The van der Waals surface area contributed by atoms with Gasteiger partial charge in [0, 0.05) is 26.3 Å². The Kier molecular flexibility index (Phi) is 19.5. The third-order valence-electron chi connectivity index (χ3n) is 4.97. The van der Waals surface area contributed by atoms with Crippen LogP contribution in [0.15, 0.2) is 70.5 Å². The number of para-hydroxylation sites is 1. The Hall–Kier alpha value is -3.14. The van der Waals surface area contributed by atoms with Crippen molar-refractivity contribution in [2.24, 2.45) is 0 Å². The Morgan fingerprint density at radius 2 is 1.02 bits per heavy atom. The quantitative estimate of drug-likeness (QED) is 0.139. The number of rotatable bonds is 10. The first-order valence-electron chi connectivity index (χ1n) is 13.0. The van der Waals surface area contributed by atoms with Crippen molar-refractivity contribution in [2.45, 2.75) is 51.3 Å². The standard InChI is InChI=1S/C10H11ClO4S.C10H12O2S.C10H12O2.ClHO3S/c1-7-5-9(16(11,13)14)3-4-10(7)15-6-8(2)12;1-7-5-9(13)3-4-10(7)12-6-8(2)11;1-8-5-3-4-6-10(8)12-7-9(2)11;1-5(2,3)4/h3-5H,6H2,1-2H3;3-5,13H,6H2,1-2H3;3-6H,7H2,1-2H3;(H,2,3,4). The van der Waals surface area contributed by atoms with Gasteiger partial charge in [0.2, 0.25) is 0 Å². The van der Waals surface area contributed by atoms with Crippen molar-refractivity contribution in [3.05, 3.63) is 77.4 Å². The van der Waals surface area contributed by atoms with Crippen molar-refractivity contribution >= 4 is 69.7 Å². The predicted molar refractivity (Wildman–Crippen MR) is 180 cm³/mol. The molecule has 0 spiro atoms. The summed E-state index contributed by atoms with van der Waals surface area (Å²) in [6.07, 6.45) is 0. The Labute approximate surface area is 284 Å². The molecule has 0 radical (unpaired) electrons. The average molecular weight is 740 g/mol. The highest BCUT2D eigenvalue weighted by molar-refractivity contribution is 8.13. The molecule has 1 N–H and O–H groups in total. The summed E-state index contributed by atoms with van der Waals surface area (Å²) in [7, 11) is 1.33. The Bertz CT molecular complexity index is 1680. The molecule has 0 heterocycles. The number of ether oxygens (including phenoxy) is 3. The van der Waals surface area contributed by atoms with E-state index in [-0.39, 0.29) is 42.1 Å². The first kappa shape index (κ1) is 42.9. The third-order valence-corrected chi connectivity index (χ3v) is 6.60. The van der Waals surface area contributed by atoms with Crippen LogP contribution in [0.2, 0.25) is 0 Å². The van der Waals surface area contributed by atoms with E-state index in [2.05, 4.69) is 23.3 Å². The molecule has 0 aliphatic rings. The summed E-state index contributed by atoms with van der Waals surface area (Å²) in [5.41, 5.74) is 2.66. The van der Waals surface area contributed by atoms with Crippen LogP contribution in [0.1, 0.15) is 37.5 Å². The lowest BCUT2D eigenvalue weighted by atomic mass is 10.2. The molecule has 254 valence electrons. The number of ketones is 3. The molecule has 46 heavy (non-hydrogen) atoms. The van der Waals surface area contributed by atoms with Gasteiger partial charge in [-0.3, -0.25) is 18.9 Å². The fourth-order valence-corrected chi connectivity index (χ4v) is 4.09. The summed E-state index contributed by atoms with van der Waals surface area (Å²) in [5, 5.41) is 0. The summed E-state index contributed by atoms with van der Waals surface area (Å²) in [6, 6.07) is 17.4. The van der Waals surface area contributed by atoms with Crippen molar-refractivity contribution in [1.29, 1.82) is 0 Å². The molecule has 0 atom stereocenters. The predicted octanol–water partition coefficient (Wildman–Crippen LogP) is 6.13. The molecule has 0 aliphatic heterocycles. The molecule has 0 fully saturated rings. The minimum absolute atomic E-state index is 0.0156. The molecule has 0 amide bonds. The normalized spacial score (nSPS) is 10.4. The van der Waals surface area contributed by atoms with Gasteiger partial charge in [0.15, 0.2) is 17.3 Å². The van der Waals surface area contributed by atoms with Gasteiger partial charge < -0.3 is 14.2 Å². The number of aryl methyl sites for hydroxylation is 3. The highest BCUT2D eigenvalue weighted by Crippen LogP contribution is 2.24. The first-order valence-corrected chi connectivity index (χ1v) is 18.1. The molecular formula is C30H36Cl2O11S3. The third kappa shape index (κ3) is 21.6. The van der Waals surface area contributed by atoms with Gasteiger partial charge in [0.25, 0.3) is 9.05 Å². The molecule has 3 rings (SSSR count). The number of halogens is 2. The molecule has 0 unspecified atom stereocenters. The van der Waals surface area contributed by atoms with Crippen molar-refractivity contribution < 1.29 is 50.0 Å². The van der Waals surface area contributed by atoms with Gasteiger partial charge in [-0.05, 0) is 101 Å². The summed E-state index contributed by atoms with van der Waals surface area (Å²) in [5.74, 6) is 1.96. The number of carbonyl (C=O) groups excluding carboxylic acids is 3. The highest BCUT2D eigenvalue weighted by atomic mass is 35.7. The van der Waals surface area contributed by atoms with Crippen molar-refractivity contribution in [1.82, 2.24) is 0 Å². The van der Waals surface area contributed by atoms with Crippen LogP contribution < -0.4 is 14.2 Å². The Morgan fingerprint density at radius 3 is 1.37 bits per heavy atom. The summed E-state index contributed by atoms with van der Waals surface area (Å²) in [4.78, 5) is 32.9. The van der Waals surface area contributed by atoms with E-state index in [0.29, 0.717) is 11.3 Å². The molecule has 0 saturated carbocycles. The second-order valence-electron chi connectivity index (χ2n) is 9.46. The lowest BCUT2D eigenvalue weighted by molar-refractivity contribution is -0.119. The van der Waals surface area contributed by atoms with Gasteiger partial charge in [0.05, 0.1) is 4.90 Å². The smallest absolute Gasteiger partial charge is 0.353 e. The van der Waals surface area contributed by atoms with E-state index in [0.717, 1.165) is 27.5 Å². The van der Waals surface area contributed by atoms with Gasteiger partial charge in [-0.25, -0.2) is 8.42 Å². The molecule has 3 aromatic carbocycles. The second-order valence-corrected chi connectivity index (χ2v) is 14.5. The Morgan fingerprint density at radius 1 is 0.652 bits per heavy atom. The number of Topliss-reactive ketones (excluding diaryl/α,β-unsaturated/α-hetero) is 3. The minimum atomic E-state index is -4.19. The SMILES string of the molecule is CC(=O)COc1ccc(S(=O)(=O)Cl)cc1C.CC(=O)COc1ccc(S)cc1C.CC(=O)COc1ccccc1C.O=S(=O)(O)Cl. The van der Waals surface area contributed by atoms with Gasteiger partial charge in [-0.1, -0.05) is 18.2 Å². The van der Waals surface area contributed by atoms with Gasteiger partial charge in [0.1, 0.15) is 37.1 Å². The number of benzene rings is 3. The van der Waals surface area contributed by atoms with Crippen LogP contribution >= 0.6 is 34.0 Å². The summed E-state index contributed by atoms with van der Waals surface area (Å²) >= 11 is 4.19. The van der Waals surface area contributed by atoms with Crippen LogP contribution in [-0.2, 0) is 32.8 Å². The monoisotopic (exact) mass is 738 g/mol. The number of hydrogen-bond acceptors (Lipinski definition) is 11. The van der Waals surface area contributed by atoms with Gasteiger partial charge >= 0.3 is 9.33 Å². The zero-order valence-corrected chi connectivity index (χ0v) is 30.0. The van der Waals surface area contributed by atoms with E-state index < -0.39 is 18.4 Å². The molecule has 0 aliphatic carbocycles. The lowest BCUT2D eigenvalue weighted by Crippen LogP contribution is -2.07. The second kappa shape index (κ2) is 20.9. The molecule has 0 saturated heterocycles. The maximum atomic E-state index is 11.0. The van der Waals surface area contributed by atoms with Crippen LogP contribution in [0, 0.1) is 20.8 Å². The topological polar surface area (TPSA) is 167 Å². The Balaban J connectivity index is 0.000000620. The van der Waals surface area contributed by atoms with Gasteiger partial charge in [-0.2, -0.15) is 8.42 Å². The van der Waals surface area contributed by atoms with Crippen LogP contribution in [0.5, 0.6) is 17.2 Å². The molecular weight excluding hydrogens is 703 g/mol. The van der Waals surface area contributed by atoms with E-state index in [9.17, 15) is 22.8 Å². The fraction of sp³-hybridized carbons (Fsp3) is 0.300. The van der Waals surface area contributed by atoms with Crippen LogP contribution in [0.4, 0.5) is 0 Å². The van der Waals surface area contributed by atoms with E-state index in [1.54, 1.807) is 6.92 Å². The average Bonchev–Trinajstić information content (AvgIpc) is 2.90. The van der Waals surface area contributed by atoms with E-state index in [4.69, 9.17) is 37.9 Å². The number of hydrogen-bond donors (Lipinski definition) is 2. The molecule has 0 bridgehead atoms. The van der Waals surface area contributed by atoms with Crippen molar-refractivity contribution in [3.8, 4) is 17.2 Å². The summed E-state index contributed by atoms with van der Waals surface area (Å²) in [6.45, 7) is 10.2. The largest absolute Gasteiger partial charge is 0.486 e. The fourth-order valence-electron chi connectivity index (χ4n) is 2.99. The molecule has 11 nitrogen and oxygen atoms in total. The van der Waals surface area contributed by atoms with Crippen LogP contribution in [0.3, 0.4) is 0 Å². The molecule has 16 heteroatoms. The van der Waals surface area contributed by atoms with Crippen molar-refractivity contribution in [2.75, 3.05) is 19.8 Å². The van der Waals surface area contributed by atoms with Gasteiger partial charge in [-0.15, -0.1) is 12.6 Å². The highest BCUT2D eigenvalue weighted by Gasteiger charge is 2.12. The maximum absolute atomic E-state index is 11.0. The molecule has 3 aromatic rings. The zero-order chi connectivity index (χ0) is 35.7.